The maximum Gasteiger partial charge on any atom is 0.306 e. The van der Waals surface area contributed by atoms with Gasteiger partial charge in [-0.1, -0.05) is 0 Å². The summed E-state index contributed by atoms with van der Waals surface area (Å²) in [5, 5.41) is 0. The SMILES string of the molecule is COC(=O)CCC(=O)OCC=O. The number of hydrogen-bond acceptors (Lipinski definition) is 5. The summed E-state index contributed by atoms with van der Waals surface area (Å²) in [5.74, 6) is -1.05. The van der Waals surface area contributed by atoms with Crippen molar-refractivity contribution < 1.29 is 23.9 Å². The number of ether oxygens (including phenoxy) is 2. The third-order valence-electron chi connectivity index (χ3n) is 1.07. The highest BCUT2D eigenvalue weighted by molar-refractivity contribution is 5.78. The molecule has 0 radical (unpaired) electrons. The number of hydrogen-bond donors (Lipinski definition) is 0. The predicted octanol–water partition coefficient (Wildman–Crippen LogP) is -0.318. The van der Waals surface area contributed by atoms with Gasteiger partial charge in [0.2, 0.25) is 0 Å². The van der Waals surface area contributed by atoms with Gasteiger partial charge in [-0.3, -0.25) is 14.4 Å². The molecule has 0 aliphatic carbocycles. The average molecular weight is 174 g/mol. The van der Waals surface area contributed by atoms with Crippen LogP contribution in [0.5, 0.6) is 0 Å². The van der Waals surface area contributed by atoms with E-state index in [-0.39, 0.29) is 19.4 Å². The number of carbonyl (C=O) groups is 3. The molecule has 0 spiro atoms. The summed E-state index contributed by atoms with van der Waals surface area (Å²) in [5.41, 5.74) is 0. The van der Waals surface area contributed by atoms with Crippen molar-refractivity contribution in [1.82, 2.24) is 0 Å². The summed E-state index contributed by atoms with van der Waals surface area (Å²) in [7, 11) is 1.24. The van der Waals surface area contributed by atoms with E-state index in [0.29, 0.717) is 6.29 Å². The van der Waals surface area contributed by atoms with Gasteiger partial charge in [-0.25, -0.2) is 0 Å². The second-order valence-corrected chi connectivity index (χ2v) is 1.93. The third-order valence-corrected chi connectivity index (χ3v) is 1.07. The van der Waals surface area contributed by atoms with Gasteiger partial charge in [0.15, 0.2) is 6.29 Å². The molecule has 0 bridgehead atoms. The van der Waals surface area contributed by atoms with E-state index in [0.717, 1.165) is 0 Å². The Morgan fingerprint density at radius 2 is 1.83 bits per heavy atom. The Morgan fingerprint density at radius 1 is 1.25 bits per heavy atom. The fraction of sp³-hybridized carbons (Fsp3) is 0.571. The first-order valence-electron chi connectivity index (χ1n) is 3.36. The van der Waals surface area contributed by atoms with Crippen LogP contribution in [0.1, 0.15) is 12.8 Å². The summed E-state index contributed by atoms with van der Waals surface area (Å²) in [4.78, 5) is 30.9. The molecular weight excluding hydrogens is 164 g/mol. The predicted molar refractivity (Wildman–Crippen MR) is 38.3 cm³/mol. The Labute approximate surface area is 69.6 Å². The standard InChI is InChI=1S/C7H10O5/c1-11-6(9)2-3-7(10)12-5-4-8/h4H,2-3,5H2,1H3. The van der Waals surface area contributed by atoms with Gasteiger partial charge in [0.1, 0.15) is 6.61 Å². The average Bonchev–Trinajstić information content (AvgIpc) is 2.10. The Kier molecular flexibility index (Phi) is 5.60. The van der Waals surface area contributed by atoms with Crippen LogP contribution >= 0.6 is 0 Å². The molecule has 0 rings (SSSR count). The molecule has 0 amide bonds. The van der Waals surface area contributed by atoms with E-state index in [1.807, 2.05) is 0 Å². The molecule has 0 aromatic carbocycles. The second kappa shape index (κ2) is 6.33. The van der Waals surface area contributed by atoms with Gasteiger partial charge in [-0.2, -0.15) is 0 Å². The van der Waals surface area contributed by atoms with E-state index in [1.54, 1.807) is 0 Å². The molecule has 0 aliphatic heterocycles. The highest BCUT2D eigenvalue weighted by Crippen LogP contribution is 1.93. The Morgan fingerprint density at radius 3 is 2.33 bits per heavy atom. The van der Waals surface area contributed by atoms with Crippen LogP contribution in [-0.2, 0) is 23.9 Å². The van der Waals surface area contributed by atoms with Crippen LogP contribution in [-0.4, -0.2) is 31.9 Å². The largest absolute Gasteiger partial charge is 0.469 e. The van der Waals surface area contributed by atoms with Gasteiger partial charge >= 0.3 is 11.9 Å². The number of aldehydes is 1. The lowest BCUT2D eigenvalue weighted by Crippen LogP contribution is -2.09. The van der Waals surface area contributed by atoms with Crippen molar-refractivity contribution in [2.45, 2.75) is 12.8 Å². The summed E-state index contributed by atoms with van der Waals surface area (Å²) in [6.45, 7) is -0.264. The van der Waals surface area contributed by atoms with E-state index in [4.69, 9.17) is 0 Å². The topological polar surface area (TPSA) is 69.7 Å². The molecular formula is C7H10O5. The lowest BCUT2D eigenvalue weighted by atomic mass is 10.3. The van der Waals surface area contributed by atoms with Crippen molar-refractivity contribution in [3.8, 4) is 0 Å². The van der Waals surface area contributed by atoms with Crippen molar-refractivity contribution >= 4 is 18.2 Å². The minimum Gasteiger partial charge on any atom is -0.469 e. The number of carbonyl (C=O) groups excluding carboxylic acids is 3. The Bertz CT molecular complexity index is 175. The third kappa shape index (κ3) is 5.40. The molecule has 0 atom stereocenters. The molecule has 5 heteroatoms. The van der Waals surface area contributed by atoms with Crippen LogP contribution in [0, 0.1) is 0 Å². The van der Waals surface area contributed by atoms with Gasteiger partial charge in [-0.15, -0.1) is 0 Å². The highest BCUT2D eigenvalue weighted by Gasteiger charge is 2.06. The smallest absolute Gasteiger partial charge is 0.306 e. The van der Waals surface area contributed by atoms with E-state index in [2.05, 4.69) is 9.47 Å². The minimum absolute atomic E-state index is 0.0197. The summed E-state index contributed by atoms with van der Waals surface area (Å²) >= 11 is 0. The quantitative estimate of drug-likeness (QED) is 0.422. The summed E-state index contributed by atoms with van der Waals surface area (Å²) in [6, 6.07) is 0. The molecule has 0 aliphatic rings. The normalized spacial score (nSPS) is 8.75. The lowest BCUT2D eigenvalue weighted by molar-refractivity contribution is -0.149. The van der Waals surface area contributed by atoms with Gasteiger partial charge in [0.25, 0.3) is 0 Å². The summed E-state index contributed by atoms with van der Waals surface area (Å²) in [6.07, 6.45) is 0.394. The molecule has 0 heterocycles. The molecule has 0 N–H and O–H groups in total. The van der Waals surface area contributed by atoms with Crippen LogP contribution in [0.25, 0.3) is 0 Å². The van der Waals surface area contributed by atoms with Crippen molar-refractivity contribution in [3.05, 3.63) is 0 Å². The zero-order valence-corrected chi connectivity index (χ0v) is 6.74. The van der Waals surface area contributed by atoms with Gasteiger partial charge in [0, 0.05) is 0 Å². The monoisotopic (exact) mass is 174 g/mol. The van der Waals surface area contributed by atoms with Crippen LogP contribution in [0.3, 0.4) is 0 Å². The van der Waals surface area contributed by atoms with Gasteiger partial charge in [-0.05, 0) is 0 Å². The minimum atomic E-state index is -0.576. The first-order chi connectivity index (χ1) is 5.70. The van der Waals surface area contributed by atoms with Crippen LogP contribution in [0.2, 0.25) is 0 Å². The molecule has 0 aromatic rings. The lowest BCUT2D eigenvalue weighted by Gasteiger charge is -1.99. The van der Waals surface area contributed by atoms with Crippen molar-refractivity contribution in [2.24, 2.45) is 0 Å². The van der Waals surface area contributed by atoms with Gasteiger partial charge < -0.3 is 9.47 Å². The maximum atomic E-state index is 10.6. The van der Waals surface area contributed by atoms with Crippen molar-refractivity contribution in [3.63, 3.8) is 0 Å². The zero-order valence-electron chi connectivity index (χ0n) is 6.74. The summed E-state index contributed by atoms with van der Waals surface area (Å²) < 4.78 is 8.66. The second-order valence-electron chi connectivity index (χ2n) is 1.93. The van der Waals surface area contributed by atoms with Crippen LogP contribution in [0.15, 0.2) is 0 Å². The Hall–Kier alpha value is -1.39. The fourth-order valence-corrected chi connectivity index (χ4v) is 0.505. The van der Waals surface area contributed by atoms with E-state index in [9.17, 15) is 14.4 Å². The van der Waals surface area contributed by atoms with Crippen molar-refractivity contribution in [2.75, 3.05) is 13.7 Å². The Balaban J connectivity index is 3.43. The van der Waals surface area contributed by atoms with Gasteiger partial charge in [0.05, 0.1) is 20.0 Å². The van der Waals surface area contributed by atoms with Crippen molar-refractivity contribution in [1.29, 1.82) is 0 Å². The molecule has 0 saturated carbocycles. The fourth-order valence-electron chi connectivity index (χ4n) is 0.505. The van der Waals surface area contributed by atoms with E-state index in [1.165, 1.54) is 7.11 Å². The first-order valence-corrected chi connectivity index (χ1v) is 3.36. The number of methoxy groups -OCH3 is 1. The number of rotatable bonds is 5. The first kappa shape index (κ1) is 10.6. The molecule has 0 fully saturated rings. The highest BCUT2D eigenvalue weighted by atomic mass is 16.5. The molecule has 12 heavy (non-hydrogen) atoms. The molecule has 0 saturated heterocycles. The van der Waals surface area contributed by atoms with Crippen LogP contribution < -0.4 is 0 Å². The molecule has 0 aromatic heterocycles. The van der Waals surface area contributed by atoms with E-state index >= 15 is 0 Å². The van der Waals surface area contributed by atoms with Crippen LogP contribution in [0.4, 0.5) is 0 Å². The maximum absolute atomic E-state index is 10.6. The number of esters is 2. The molecule has 68 valence electrons. The molecule has 5 nitrogen and oxygen atoms in total. The molecule has 0 unspecified atom stereocenters. The van der Waals surface area contributed by atoms with E-state index < -0.39 is 11.9 Å². The zero-order chi connectivity index (χ0) is 9.40.